The summed E-state index contributed by atoms with van der Waals surface area (Å²) >= 11 is 4.39. The number of carbonyl (C=O) groups is 2. The van der Waals surface area contributed by atoms with Crippen molar-refractivity contribution in [3.05, 3.63) is 0 Å². The van der Waals surface area contributed by atoms with Gasteiger partial charge >= 0.3 is 5.38 Å². The first-order chi connectivity index (χ1) is 5.38. The van der Waals surface area contributed by atoms with Crippen molar-refractivity contribution in [2.75, 3.05) is 0 Å². The minimum atomic E-state index is -3.90. The first kappa shape index (κ1) is 11.5. The van der Waals surface area contributed by atoms with E-state index in [0.717, 1.165) is 0 Å². The summed E-state index contributed by atoms with van der Waals surface area (Å²) in [6, 6.07) is 0. The lowest BCUT2D eigenvalue weighted by atomic mass is 10.1. The molecule has 12 heavy (non-hydrogen) atoms. The van der Waals surface area contributed by atoms with Crippen molar-refractivity contribution in [3.8, 4) is 0 Å². The molecule has 0 fully saturated rings. The van der Waals surface area contributed by atoms with Gasteiger partial charge < -0.3 is 0 Å². The lowest BCUT2D eigenvalue weighted by Gasteiger charge is -2.04. The number of ketones is 2. The first-order valence-electron chi connectivity index (χ1n) is 3.49. The fraction of sp³-hybridized carbons (Fsp3) is 0.714. The minimum Gasteiger partial charge on any atom is -0.299 e. The van der Waals surface area contributed by atoms with Gasteiger partial charge in [-0.25, -0.2) is 0 Å². The second kappa shape index (κ2) is 4.50. The Morgan fingerprint density at radius 2 is 1.92 bits per heavy atom. The molecule has 70 valence electrons. The molecule has 0 radical (unpaired) electrons. The maximum absolute atomic E-state index is 12.0. The van der Waals surface area contributed by atoms with Gasteiger partial charge in [0.05, 0.1) is 6.42 Å². The van der Waals surface area contributed by atoms with Crippen LogP contribution < -0.4 is 0 Å². The molecule has 0 saturated heterocycles. The van der Waals surface area contributed by atoms with Gasteiger partial charge in [0.1, 0.15) is 5.78 Å². The number of alkyl halides is 3. The normalized spacial score (nSPS) is 11.3. The van der Waals surface area contributed by atoms with Gasteiger partial charge in [0.25, 0.3) is 0 Å². The van der Waals surface area contributed by atoms with Crippen LogP contribution in [0.1, 0.15) is 26.2 Å². The van der Waals surface area contributed by atoms with Gasteiger partial charge in [-0.2, -0.15) is 8.78 Å². The Morgan fingerprint density at radius 3 is 2.25 bits per heavy atom. The SMILES string of the molecule is CCCC(=O)CC(=O)C(F)(F)Cl. The molecule has 2 nitrogen and oxygen atoms in total. The van der Waals surface area contributed by atoms with E-state index >= 15 is 0 Å². The van der Waals surface area contributed by atoms with Crippen LogP contribution in [-0.2, 0) is 9.59 Å². The highest BCUT2D eigenvalue weighted by Crippen LogP contribution is 2.21. The maximum atomic E-state index is 12.0. The third kappa shape index (κ3) is 4.38. The van der Waals surface area contributed by atoms with Crippen molar-refractivity contribution in [1.82, 2.24) is 0 Å². The molecule has 0 aliphatic carbocycles. The van der Waals surface area contributed by atoms with Crippen molar-refractivity contribution >= 4 is 23.2 Å². The van der Waals surface area contributed by atoms with Crippen molar-refractivity contribution in [3.63, 3.8) is 0 Å². The minimum absolute atomic E-state index is 0.138. The van der Waals surface area contributed by atoms with Crippen LogP contribution in [0.4, 0.5) is 8.78 Å². The summed E-state index contributed by atoms with van der Waals surface area (Å²) in [6.45, 7) is 1.72. The molecule has 0 aliphatic rings. The number of hydrogen-bond donors (Lipinski definition) is 0. The Bertz CT molecular complexity index is 186. The van der Waals surface area contributed by atoms with Crippen molar-refractivity contribution in [2.45, 2.75) is 31.6 Å². The highest BCUT2D eigenvalue weighted by molar-refractivity contribution is 6.33. The van der Waals surface area contributed by atoms with E-state index in [0.29, 0.717) is 6.42 Å². The predicted molar refractivity (Wildman–Crippen MR) is 40.3 cm³/mol. The van der Waals surface area contributed by atoms with E-state index in [4.69, 9.17) is 0 Å². The summed E-state index contributed by atoms with van der Waals surface area (Å²) in [4.78, 5) is 21.1. The van der Waals surface area contributed by atoms with Gasteiger partial charge in [-0.1, -0.05) is 6.92 Å². The molecule has 0 atom stereocenters. The quantitative estimate of drug-likeness (QED) is 0.501. The summed E-state index contributed by atoms with van der Waals surface area (Å²) in [7, 11) is 0. The van der Waals surface area contributed by atoms with E-state index in [1.165, 1.54) is 0 Å². The Labute approximate surface area is 73.9 Å². The molecule has 0 aliphatic heterocycles. The summed E-state index contributed by atoms with van der Waals surface area (Å²) in [5.74, 6) is -2.02. The molecule has 0 unspecified atom stereocenters. The predicted octanol–water partition coefficient (Wildman–Crippen LogP) is 2.15. The maximum Gasteiger partial charge on any atom is 0.380 e. The van der Waals surface area contributed by atoms with Crippen LogP contribution in [-0.4, -0.2) is 16.9 Å². The van der Waals surface area contributed by atoms with Gasteiger partial charge in [0, 0.05) is 6.42 Å². The molecule has 0 aromatic heterocycles. The third-order valence-electron chi connectivity index (χ3n) is 1.20. The van der Waals surface area contributed by atoms with E-state index in [1.54, 1.807) is 6.92 Å². The number of Topliss-reactive ketones (excluding diaryl/α,β-unsaturated/α-hetero) is 2. The molecule has 0 spiro atoms. The average Bonchev–Trinajstić information content (AvgIpc) is 1.85. The topological polar surface area (TPSA) is 34.1 Å². The van der Waals surface area contributed by atoms with Crippen LogP contribution in [0.2, 0.25) is 0 Å². The second-order valence-corrected chi connectivity index (χ2v) is 2.86. The van der Waals surface area contributed by atoms with Crippen molar-refractivity contribution in [2.24, 2.45) is 0 Å². The lowest BCUT2D eigenvalue weighted by Crippen LogP contribution is -2.24. The van der Waals surface area contributed by atoms with E-state index in [2.05, 4.69) is 11.6 Å². The van der Waals surface area contributed by atoms with E-state index < -0.39 is 23.4 Å². The Balaban J connectivity index is 3.94. The summed E-state index contributed by atoms with van der Waals surface area (Å²) in [5.41, 5.74) is 0. The smallest absolute Gasteiger partial charge is 0.299 e. The number of halogens is 3. The monoisotopic (exact) mass is 198 g/mol. The molecule has 0 bridgehead atoms. The Morgan fingerprint density at radius 1 is 1.42 bits per heavy atom. The summed E-state index contributed by atoms with van der Waals surface area (Å²) in [5, 5.41) is -3.90. The molecule has 0 N–H and O–H groups in total. The lowest BCUT2D eigenvalue weighted by molar-refractivity contribution is -0.137. The first-order valence-corrected chi connectivity index (χ1v) is 3.87. The van der Waals surface area contributed by atoms with Gasteiger partial charge in [0.2, 0.25) is 5.78 Å². The fourth-order valence-electron chi connectivity index (χ4n) is 0.647. The van der Waals surface area contributed by atoms with Crippen LogP contribution >= 0.6 is 11.6 Å². The van der Waals surface area contributed by atoms with Crippen molar-refractivity contribution in [1.29, 1.82) is 0 Å². The second-order valence-electron chi connectivity index (χ2n) is 2.39. The summed E-state index contributed by atoms with van der Waals surface area (Å²) in [6.07, 6.45) is -0.0942. The molecule has 0 amide bonds. The van der Waals surface area contributed by atoms with Gasteiger partial charge in [-0.15, -0.1) is 0 Å². The number of rotatable bonds is 5. The molecular formula is C7H9ClF2O2. The highest BCUT2D eigenvalue weighted by Gasteiger charge is 2.36. The average molecular weight is 199 g/mol. The van der Waals surface area contributed by atoms with E-state index in [-0.39, 0.29) is 6.42 Å². The van der Waals surface area contributed by atoms with Crippen LogP contribution in [0.3, 0.4) is 0 Å². The Hall–Kier alpha value is -0.510. The van der Waals surface area contributed by atoms with E-state index in [1.807, 2.05) is 0 Å². The number of carbonyl (C=O) groups excluding carboxylic acids is 2. The molecule has 0 saturated carbocycles. The zero-order chi connectivity index (χ0) is 9.78. The molecule has 5 heteroatoms. The molecule has 0 aromatic rings. The molecule has 0 rings (SSSR count). The number of hydrogen-bond acceptors (Lipinski definition) is 2. The van der Waals surface area contributed by atoms with E-state index in [9.17, 15) is 18.4 Å². The largest absolute Gasteiger partial charge is 0.380 e. The molecule has 0 heterocycles. The molecular weight excluding hydrogens is 190 g/mol. The summed E-state index contributed by atoms with van der Waals surface area (Å²) < 4.78 is 24.0. The van der Waals surface area contributed by atoms with Gasteiger partial charge in [-0.3, -0.25) is 9.59 Å². The fourth-order valence-corrected chi connectivity index (χ4v) is 0.713. The highest BCUT2D eigenvalue weighted by atomic mass is 35.5. The van der Waals surface area contributed by atoms with Crippen molar-refractivity contribution < 1.29 is 18.4 Å². The molecule has 0 aromatic carbocycles. The standard InChI is InChI=1S/C7H9ClF2O2/c1-2-3-5(11)4-6(12)7(8,9)10/h2-4H2,1H3. The van der Waals surface area contributed by atoms with Crippen LogP contribution in [0.15, 0.2) is 0 Å². The van der Waals surface area contributed by atoms with Gasteiger partial charge in [-0.05, 0) is 18.0 Å². The third-order valence-corrected chi connectivity index (χ3v) is 1.41. The zero-order valence-electron chi connectivity index (χ0n) is 6.57. The van der Waals surface area contributed by atoms with Crippen LogP contribution in [0.25, 0.3) is 0 Å². The van der Waals surface area contributed by atoms with Crippen LogP contribution in [0, 0.1) is 0 Å². The Kier molecular flexibility index (Phi) is 4.31. The zero-order valence-corrected chi connectivity index (χ0v) is 7.33. The van der Waals surface area contributed by atoms with Crippen LogP contribution in [0.5, 0.6) is 0 Å². The van der Waals surface area contributed by atoms with Gasteiger partial charge in [0.15, 0.2) is 0 Å².